The van der Waals surface area contributed by atoms with Gasteiger partial charge in [0.1, 0.15) is 0 Å². The van der Waals surface area contributed by atoms with Crippen LogP contribution in [0.15, 0.2) is 72.8 Å². The zero-order chi connectivity index (χ0) is 19.5. The van der Waals surface area contributed by atoms with E-state index in [4.69, 9.17) is 5.73 Å². The van der Waals surface area contributed by atoms with Crippen molar-refractivity contribution in [2.75, 3.05) is 15.0 Å². The molecule has 4 rings (SSSR count). The fourth-order valence-electron chi connectivity index (χ4n) is 3.00. The van der Waals surface area contributed by atoms with E-state index in [0.717, 1.165) is 33.4 Å². The number of benzene rings is 3. The number of rotatable bonds is 5. The van der Waals surface area contributed by atoms with Crippen molar-refractivity contribution < 1.29 is 4.79 Å². The van der Waals surface area contributed by atoms with E-state index in [1.54, 1.807) is 0 Å². The predicted octanol–water partition coefficient (Wildman–Crippen LogP) is 4.90. The van der Waals surface area contributed by atoms with Crippen LogP contribution in [-0.2, 0) is 4.79 Å². The molecule has 0 unspecified atom stereocenters. The van der Waals surface area contributed by atoms with E-state index in [9.17, 15) is 4.79 Å². The topological polar surface area (TPSA) is 84.1 Å². The van der Waals surface area contributed by atoms with Crippen LogP contribution < -0.4 is 15.0 Å². The second-order valence-corrected chi connectivity index (χ2v) is 6.81. The summed E-state index contributed by atoms with van der Waals surface area (Å²) in [6.45, 7) is 0. The molecule has 0 atom stereocenters. The Balaban J connectivity index is 1.86. The number of nitrogens with zero attached hydrogens (tertiary/aromatic N) is 3. The minimum Gasteiger partial charge on any atom is -0.368 e. The number of anilines is 4. The lowest BCUT2D eigenvalue weighted by Gasteiger charge is -2.18. The molecule has 28 heavy (non-hydrogen) atoms. The monoisotopic (exact) mass is 433 g/mol. The van der Waals surface area contributed by atoms with Crippen molar-refractivity contribution in [2.24, 2.45) is 0 Å². The number of carbonyl (C=O) groups is 1. The van der Waals surface area contributed by atoms with E-state index >= 15 is 0 Å². The third-order valence-electron chi connectivity index (χ3n) is 4.28. The summed E-state index contributed by atoms with van der Waals surface area (Å²) in [6, 6.07) is 23.3. The summed E-state index contributed by atoms with van der Waals surface area (Å²) in [5.74, 6) is 0.852. The van der Waals surface area contributed by atoms with Gasteiger partial charge in [-0.25, -0.2) is 4.98 Å². The van der Waals surface area contributed by atoms with Gasteiger partial charge in [-0.2, -0.15) is 4.98 Å². The Morgan fingerprint density at radius 2 is 1.71 bits per heavy atom. The molecule has 0 aliphatic carbocycles. The van der Waals surface area contributed by atoms with Crippen LogP contribution in [-0.4, -0.2) is 16.4 Å². The number of nitrogen functional groups attached to an aromatic ring is 1. The molecule has 0 radical (unpaired) electrons. The molecule has 0 fully saturated rings. The summed E-state index contributed by atoms with van der Waals surface area (Å²) in [4.78, 5) is 19.5. The maximum absolute atomic E-state index is 10.7. The largest absolute Gasteiger partial charge is 0.368 e. The molecule has 4 aromatic rings. The molecule has 1 aromatic heterocycles. The number of hydrogen-bond acceptors (Lipinski definition) is 5. The Labute approximate surface area is 170 Å². The van der Waals surface area contributed by atoms with Gasteiger partial charge in [0.25, 0.3) is 0 Å². The first-order chi connectivity index (χ1) is 13.7. The van der Waals surface area contributed by atoms with Crippen molar-refractivity contribution >= 4 is 56.6 Å². The van der Waals surface area contributed by atoms with Gasteiger partial charge >= 0.3 is 0 Å². The van der Waals surface area contributed by atoms with Crippen LogP contribution in [0.3, 0.4) is 0 Å². The van der Waals surface area contributed by atoms with Crippen molar-refractivity contribution in [1.29, 1.82) is 0 Å². The first-order valence-corrected chi connectivity index (χ1v) is 9.25. The predicted molar refractivity (Wildman–Crippen MR) is 117 cm³/mol. The number of aromatic nitrogens is 2. The summed E-state index contributed by atoms with van der Waals surface area (Å²) < 4.78 is 1.81. The molecule has 0 saturated heterocycles. The Bertz CT molecular complexity index is 1150. The fourth-order valence-corrected chi connectivity index (χ4v) is 3.50. The second-order valence-electron chi connectivity index (χ2n) is 6.10. The van der Waals surface area contributed by atoms with Gasteiger partial charge in [-0.05, 0) is 47.5 Å². The van der Waals surface area contributed by atoms with Crippen LogP contribution in [0.4, 0.5) is 23.1 Å². The standard InChI is InChI=1S/C21H16BrN5O/c22-27(17-7-2-1-3-8-17)20-18-12-15(9-10-19(18)25-21(23)26-20)14-5-4-6-16(11-14)24-13-28/h1-13H,(H,24,28)(H2,23,25,26). The van der Waals surface area contributed by atoms with Crippen LogP contribution >= 0.6 is 16.1 Å². The van der Waals surface area contributed by atoms with Gasteiger partial charge in [-0.15, -0.1) is 0 Å². The SMILES string of the molecule is Nc1nc(N(Br)c2ccccc2)c2cc(-c3cccc(NC=O)c3)ccc2n1. The highest BCUT2D eigenvalue weighted by molar-refractivity contribution is 9.10. The molecule has 0 saturated carbocycles. The molecule has 3 aromatic carbocycles. The number of carbonyl (C=O) groups excluding carboxylic acids is 1. The first-order valence-electron chi connectivity index (χ1n) is 8.54. The number of nitrogens with two attached hydrogens (primary N) is 1. The van der Waals surface area contributed by atoms with Crippen molar-refractivity contribution in [3.63, 3.8) is 0 Å². The summed E-state index contributed by atoms with van der Waals surface area (Å²) in [7, 11) is 0. The van der Waals surface area contributed by atoms with E-state index < -0.39 is 0 Å². The van der Waals surface area contributed by atoms with E-state index in [-0.39, 0.29) is 5.95 Å². The highest BCUT2D eigenvalue weighted by Crippen LogP contribution is 2.35. The minimum absolute atomic E-state index is 0.202. The molecule has 1 amide bonds. The van der Waals surface area contributed by atoms with Gasteiger partial charge in [0.15, 0.2) is 5.82 Å². The highest BCUT2D eigenvalue weighted by Gasteiger charge is 2.15. The second kappa shape index (κ2) is 7.66. The first kappa shape index (κ1) is 17.9. The molecule has 0 aliphatic rings. The van der Waals surface area contributed by atoms with Crippen molar-refractivity contribution in [3.8, 4) is 11.1 Å². The van der Waals surface area contributed by atoms with Gasteiger partial charge in [0.2, 0.25) is 12.4 Å². The lowest BCUT2D eigenvalue weighted by Crippen LogP contribution is -2.07. The van der Waals surface area contributed by atoms with E-state index in [1.807, 2.05) is 76.7 Å². The smallest absolute Gasteiger partial charge is 0.222 e. The molecule has 0 spiro atoms. The van der Waals surface area contributed by atoms with E-state index in [2.05, 4.69) is 31.4 Å². The van der Waals surface area contributed by atoms with Crippen molar-refractivity contribution in [2.45, 2.75) is 0 Å². The van der Waals surface area contributed by atoms with Crippen LogP contribution in [0, 0.1) is 0 Å². The number of nitrogens with one attached hydrogen (secondary N) is 1. The fraction of sp³-hybridized carbons (Fsp3) is 0. The Morgan fingerprint density at radius 3 is 2.50 bits per heavy atom. The maximum atomic E-state index is 10.7. The zero-order valence-electron chi connectivity index (χ0n) is 14.7. The maximum Gasteiger partial charge on any atom is 0.222 e. The van der Waals surface area contributed by atoms with Crippen molar-refractivity contribution in [1.82, 2.24) is 9.97 Å². The van der Waals surface area contributed by atoms with Crippen LogP contribution in [0.1, 0.15) is 0 Å². The van der Waals surface area contributed by atoms with E-state index in [0.29, 0.717) is 12.2 Å². The lowest BCUT2D eigenvalue weighted by atomic mass is 10.0. The average Bonchev–Trinajstić information content (AvgIpc) is 2.73. The lowest BCUT2D eigenvalue weighted by molar-refractivity contribution is -0.105. The summed E-state index contributed by atoms with van der Waals surface area (Å²) in [6.07, 6.45) is 0.663. The van der Waals surface area contributed by atoms with E-state index in [1.165, 1.54) is 0 Å². The Kier molecular flexibility index (Phi) is 4.90. The van der Waals surface area contributed by atoms with Crippen molar-refractivity contribution in [3.05, 3.63) is 72.8 Å². The molecule has 7 heteroatoms. The Morgan fingerprint density at radius 1 is 0.929 bits per heavy atom. The molecule has 3 N–H and O–H groups in total. The molecule has 138 valence electrons. The van der Waals surface area contributed by atoms with Gasteiger partial charge < -0.3 is 11.1 Å². The third kappa shape index (κ3) is 3.52. The molecular formula is C21H16BrN5O. The zero-order valence-corrected chi connectivity index (χ0v) is 16.3. The molecule has 0 aliphatic heterocycles. The number of amides is 1. The van der Waals surface area contributed by atoms with Gasteiger partial charge in [0.05, 0.1) is 27.4 Å². The summed E-state index contributed by atoms with van der Waals surface area (Å²) in [5.41, 5.74) is 10.3. The molecule has 0 bridgehead atoms. The molecular weight excluding hydrogens is 418 g/mol. The average molecular weight is 434 g/mol. The minimum atomic E-state index is 0.202. The Hall–Kier alpha value is -3.45. The number of fused-ring (bicyclic) bond motifs is 1. The van der Waals surface area contributed by atoms with Crippen LogP contribution in [0.25, 0.3) is 22.0 Å². The normalized spacial score (nSPS) is 10.6. The number of halogens is 1. The number of para-hydroxylation sites is 1. The van der Waals surface area contributed by atoms with Gasteiger partial charge in [0, 0.05) is 11.1 Å². The quantitative estimate of drug-likeness (QED) is 0.345. The van der Waals surface area contributed by atoms with Gasteiger partial charge in [-0.1, -0.05) is 36.4 Å². The van der Waals surface area contributed by atoms with Gasteiger partial charge in [-0.3, -0.25) is 8.72 Å². The summed E-state index contributed by atoms with van der Waals surface area (Å²) >= 11 is 3.60. The third-order valence-corrected chi connectivity index (χ3v) is 5.03. The molecule has 1 heterocycles. The summed E-state index contributed by atoms with van der Waals surface area (Å²) in [5, 5.41) is 3.52. The number of hydrogen-bond donors (Lipinski definition) is 2. The van der Waals surface area contributed by atoms with Crippen LogP contribution in [0.5, 0.6) is 0 Å². The highest BCUT2D eigenvalue weighted by atomic mass is 79.9. The molecule has 6 nitrogen and oxygen atoms in total. The van der Waals surface area contributed by atoms with Crippen LogP contribution in [0.2, 0.25) is 0 Å².